The largest absolute Gasteiger partial charge is 0.336 e. The van der Waals surface area contributed by atoms with Crippen LogP contribution in [0.1, 0.15) is 31.1 Å². The van der Waals surface area contributed by atoms with E-state index in [2.05, 4.69) is 38.3 Å². The molecule has 0 saturated carbocycles. The van der Waals surface area contributed by atoms with Crippen molar-refractivity contribution >= 4 is 18.5 Å². The Bertz CT molecular complexity index is 505. The SMILES string of the molecule is CC(C)(C)N1CCN(C(=O)c2ccc(F)c(S)c2)CC1. The lowest BCUT2D eigenvalue weighted by atomic mass is 10.0. The first-order chi connectivity index (χ1) is 9.29. The molecule has 2 rings (SSSR count). The van der Waals surface area contributed by atoms with E-state index in [0.29, 0.717) is 18.7 Å². The Morgan fingerprint density at radius 2 is 1.80 bits per heavy atom. The Labute approximate surface area is 125 Å². The number of carbonyl (C=O) groups is 1. The van der Waals surface area contributed by atoms with Crippen molar-refractivity contribution in [1.82, 2.24) is 9.80 Å². The molecule has 1 aliphatic heterocycles. The molecule has 110 valence electrons. The van der Waals surface area contributed by atoms with E-state index in [-0.39, 0.29) is 16.3 Å². The molecule has 0 N–H and O–H groups in total. The fraction of sp³-hybridized carbons (Fsp3) is 0.533. The van der Waals surface area contributed by atoms with Crippen LogP contribution < -0.4 is 0 Å². The second-order valence-electron chi connectivity index (χ2n) is 6.12. The molecule has 0 atom stereocenters. The van der Waals surface area contributed by atoms with Gasteiger partial charge in [0.15, 0.2) is 0 Å². The van der Waals surface area contributed by atoms with Gasteiger partial charge in [0, 0.05) is 42.2 Å². The molecule has 1 heterocycles. The molecule has 0 unspecified atom stereocenters. The molecule has 20 heavy (non-hydrogen) atoms. The number of hydrogen-bond donors (Lipinski definition) is 1. The minimum absolute atomic E-state index is 0.0474. The highest BCUT2D eigenvalue weighted by Crippen LogP contribution is 2.19. The number of rotatable bonds is 1. The topological polar surface area (TPSA) is 23.6 Å². The summed E-state index contributed by atoms with van der Waals surface area (Å²) < 4.78 is 13.2. The fourth-order valence-electron chi connectivity index (χ4n) is 2.41. The number of piperazine rings is 1. The van der Waals surface area contributed by atoms with Gasteiger partial charge in [-0.1, -0.05) is 0 Å². The molecule has 1 fully saturated rings. The maximum absolute atomic E-state index is 13.2. The Morgan fingerprint density at radius 1 is 1.20 bits per heavy atom. The van der Waals surface area contributed by atoms with Gasteiger partial charge in [0.05, 0.1) is 0 Å². The van der Waals surface area contributed by atoms with Crippen LogP contribution >= 0.6 is 12.6 Å². The van der Waals surface area contributed by atoms with E-state index in [0.717, 1.165) is 13.1 Å². The van der Waals surface area contributed by atoms with Gasteiger partial charge in [0.25, 0.3) is 5.91 Å². The Kier molecular flexibility index (Phi) is 4.39. The molecule has 0 aliphatic carbocycles. The Hall–Kier alpha value is -1.07. The second-order valence-corrected chi connectivity index (χ2v) is 6.60. The third-order valence-corrected chi connectivity index (χ3v) is 4.05. The maximum Gasteiger partial charge on any atom is 0.253 e. The van der Waals surface area contributed by atoms with E-state index in [1.807, 2.05) is 4.90 Å². The standard InChI is InChI=1S/C15H21FN2OS/c1-15(2,3)18-8-6-17(7-9-18)14(19)11-4-5-12(16)13(20)10-11/h4-5,10,20H,6-9H2,1-3H3. The van der Waals surface area contributed by atoms with E-state index in [1.54, 1.807) is 0 Å². The highest BCUT2D eigenvalue weighted by Gasteiger charge is 2.28. The van der Waals surface area contributed by atoms with Crippen molar-refractivity contribution in [2.24, 2.45) is 0 Å². The number of hydrogen-bond acceptors (Lipinski definition) is 3. The summed E-state index contributed by atoms with van der Waals surface area (Å²) in [5.74, 6) is -0.448. The van der Waals surface area contributed by atoms with Crippen molar-refractivity contribution in [3.05, 3.63) is 29.6 Å². The summed E-state index contributed by atoms with van der Waals surface area (Å²) in [4.78, 5) is 16.8. The molecule has 0 radical (unpaired) electrons. The molecular formula is C15H21FN2OS. The van der Waals surface area contributed by atoms with Crippen LogP contribution in [0.15, 0.2) is 23.1 Å². The van der Waals surface area contributed by atoms with Crippen LogP contribution in [0.3, 0.4) is 0 Å². The normalized spacial score (nSPS) is 17.4. The van der Waals surface area contributed by atoms with Gasteiger partial charge in [-0.2, -0.15) is 0 Å². The zero-order valence-corrected chi connectivity index (χ0v) is 13.1. The van der Waals surface area contributed by atoms with Crippen LogP contribution in [-0.4, -0.2) is 47.4 Å². The number of carbonyl (C=O) groups excluding carboxylic acids is 1. The van der Waals surface area contributed by atoms with Gasteiger partial charge < -0.3 is 4.90 Å². The van der Waals surface area contributed by atoms with Crippen molar-refractivity contribution in [3.63, 3.8) is 0 Å². The van der Waals surface area contributed by atoms with Crippen molar-refractivity contribution in [1.29, 1.82) is 0 Å². The molecule has 0 aromatic heterocycles. The quantitative estimate of drug-likeness (QED) is 0.806. The van der Waals surface area contributed by atoms with Gasteiger partial charge in [-0.25, -0.2) is 4.39 Å². The summed E-state index contributed by atoms with van der Waals surface area (Å²) in [6, 6.07) is 4.31. The predicted octanol–water partition coefficient (Wildman–Crippen LogP) is 2.67. The molecular weight excluding hydrogens is 275 g/mol. The summed E-state index contributed by atoms with van der Waals surface area (Å²) in [5, 5.41) is 0. The van der Waals surface area contributed by atoms with Gasteiger partial charge in [0.2, 0.25) is 0 Å². The third kappa shape index (κ3) is 3.33. The maximum atomic E-state index is 13.2. The van der Waals surface area contributed by atoms with Crippen LogP contribution in [0.4, 0.5) is 4.39 Å². The third-order valence-electron chi connectivity index (χ3n) is 3.71. The number of benzene rings is 1. The highest BCUT2D eigenvalue weighted by molar-refractivity contribution is 7.80. The zero-order chi connectivity index (χ0) is 14.9. The molecule has 1 aliphatic rings. The first-order valence-corrected chi connectivity index (χ1v) is 7.26. The second kappa shape index (κ2) is 5.74. The van der Waals surface area contributed by atoms with Crippen LogP contribution in [0.5, 0.6) is 0 Å². The monoisotopic (exact) mass is 296 g/mol. The molecule has 0 bridgehead atoms. The van der Waals surface area contributed by atoms with Crippen LogP contribution in [-0.2, 0) is 0 Å². The minimum Gasteiger partial charge on any atom is -0.336 e. The summed E-state index contributed by atoms with van der Waals surface area (Å²) in [6.07, 6.45) is 0. The van der Waals surface area contributed by atoms with Crippen molar-refractivity contribution in [2.75, 3.05) is 26.2 Å². The summed E-state index contributed by atoms with van der Waals surface area (Å²) in [5.41, 5.74) is 0.629. The Balaban J connectivity index is 2.03. The van der Waals surface area contributed by atoms with Crippen LogP contribution in [0.25, 0.3) is 0 Å². The van der Waals surface area contributed by atoms with E-state index in [9.17, 15) is 9.18 Å². The molecule has 3 nitrogen and oxygen atoms in total. The predicted molar refractivity (Wildman–Crippen MR) is 80.9 cm³/mol. The van der Waals surface area contributed by atoms with E-state index < -0.39 is 5.82 Å². The Morgan fingerprint density at radius 3 is 2.30 bits per heavy atom. The van der Waals surface area contributed by atoms with Gasteiger partial charge in [0.1, 0.15) is 5.82 Å². The molecule has 1 saturated heterocycles. The molecule has 0 spiro atoms. The van der Waals surface area contributed by atoms with Crippen LogP contribution in [0, 0.1) is 5.82 Å². The lowest BCUT2D eigenvalue weighted by Crippen LogP contribution is -2.54. The number of nitrogens with zero attached hydrogens (tertiary/aromatic N) is 2. The van der Waals surface area contributed by atoms with E-state index >= 15 is 0 Å². The summed E-state index contributed by atoms with van der Waals surface area (Å²) in [7, 11) is 0. The molecule has 1 amide bonds. The lowest BCUT2D eigenvalue weighted by Gasteiger charge is -2.42. The molecule has 1 aromatic carbocycles. The summed E-state index contributed by atoms with van der Waals surface area (Å²) >= 11 is 4.02. The number of thiol groups is 1. The fourth-order valence-corrected chi connectivity index (χ4v) is 2.62. The average Bonchev–Trinajstić information content (AvgIpc) is 2.40. The highest BCUT2D eigenvalue weighted by atomic mass is 32.1. The van der Waals surface area contributed by atoms with E-state index in [4.69, 9.17) is 0 Å². The zero-order valence-electron chi connectivity index (χ0n) is 12.2. The first kappa shape index (κ1) is 15.3. The van der Waals surface area contributed by atoms with E-state index in [1.165, 1.54) is 18.2 Å². The number of halogens is 1. The van der Waals surface area contributed by atoms with Gasteiger partial charge in [-0.05, 0) is 39.0 Å². The molecule has 1 aromatic rings. The average molecular weight is 296 g/mol. The smallest absolute Gasteiger partial charge is 0.253 e. The van der Waals surface area contributed by atoms with Crippen molar-refractivity contribution < 1.29 is 9.18 Å². The van der Waals surface area contributed by atoms with Crippen LogP contribution in [0.2, 0.25) is 0 Å². The lowest BCUT2D eigenvalue weighted by molar-refractivity contribution is 0.0451. The molecule has 5 heteroatoms. The van der Waals surface area contributed by atoms with Gasteiger partial charge in [-0.3, -0.25) is 9.69 Å². The first-order valence-electron chi connectivity index (χ1n) is 6.82. The number of amides is 1. The van der Waals surface area contributed by atoms with Crippen molar-refractivity contribution in [2.45, 2.75) is 31.2 Å². The van der Waals surface area contributed by atoms with Gasteiger partial charge >= 0.3 is 0 Å². The van der Waals surface area contributed by atoms with Gasteiger partial charge in [-0.15, -0.1) is 12.6 Å². The summed E-state index contributed by atoms with van der Waals surface area (Å²) in [6.45, 7) is 9.67. The van der Waals surface area contributed by atoms with Crippen molar-refractivity contribution in [3.8, 4) is 0 Å². The minimum atomic E-state index is -0.401.